The van der Waals surface area contributed by atoms with Crippen molar-refractivity contribution in [1.82, 2.24) is 0 Å². The maximum absolute atomic E-state index is 13.7. The van der Waals surface area contributed by atoms with Gasteiger partial charge in [0, 0.05) is 6.42 Å². The topological polar surface area (TPSA) is 72.9 Å². The lowest BCUT2D eigenvalue weighted by atomic mass is 9.73. The summed E-state index contributed by atoms with van der Waals surface area (Å²) >= 11 is 0. The lowest BCUT2D eigenvalue weighted by molar-refractivity contribution is -0.141. The number of esters is 1. The number of hydrogen-bond donors (Lipinski definition) is 0. The minimum absolute atomic E-state index is 0.119. The molecule has 0 spiro atoms. The number of methoxy groups -OCH3 is 1. The summed E-state index contributed by atoms with van der Waals surface area (Å²) in [4.78, 5) is 39.7. The molecule has 30 heavy (non-hydrogen) atoms. The van der Waals surface area contributed by atoms with Gasteiger partial charge in [-0.15, -0.1) is 0 Å². The summed E-state index contributed by atoms with van der Waals surface area (Å²) in [6.07, 6.45) is 5.60. The van der Waals surface area contributed by atoms with Crippen molar-refractivity contribution < 1.29 is 23.9 Å². The SMILES string of the molecule is CCCCCCC[C@@]1(CCC(=O)OC)C(=O)N(C(=O)OC(C)(C)C)c2ccccc21. The average molecular weight is 418 g/mol. The third kappa shape index (κ3) is 5.41. The van der Waals surface area contributed by atoms with Crippen molar-refractivity contribution in [3.63, 3.8) is 0 Å². The van der Waals surface area contributed by atoms with Crippen molar-refractivity contribution in [2.75, 3.05) is 12.0 Å². The maximum Gasteiger partial charge on any atom is 0.421 e. The fraction of sp³-hybridized carbons (Fsp3) is 0.625. The van der Waals surface area contributed by atoms with Crippen LogP contribution in [-0.2, 0) is 24.5 Å². The first-order valence-electron chi connectivity index (χ1n) is 10.9. The molecule has 1 aliphatic rings. The van der Waals surface area contributed by atoms with Crippen LogP contribution in [-0.4, -0.2) is 30.7 Å². The number of carbonyl (C=O) groups is 3. The minimum atomic E-state index is -0.923. The van der Waals surface area contributed by atoms with Crippen molar-refractivity contribution in [3.8, 4) is 0 Å². The van der Waals surface area contributed by atoms with Gasteiger partial charge in [0.1, 0.15) is 5.60 Å². The Bertz CT molecular complexity index is 767. The van der Waals surface area contributed by atoms with Crippen LogP contribution in [0.5, 0.6) is 0 Å². The number of imide groups is 1. The molecule has 1 atom stereocenters. The highest BCUT2D eigenvalue weighted by atomic mass is 16.6. The Morgan fingerprint density at radius 1 is 1.03 bits per heavy atom. The first kappa shape index (κ1) is 23.9. The molecule has 1 aromatic carbocycles. The predicted octanol–water partition coefficient (Wildman–Crippen LogP) is 5.52. The molecule has 0 aliphatic carbocycles. The van der Waals surface area contributed by atoms with E-state index in [1.54, 1.807) is 32.9 Å². The first-order valence-corrected chi connectivity index (χ1v) is 10.9. The highest BCUT2D eigenvalue weighted by Gasteiger charge is 2.53. The number of rotatable bonds is 9. The van der Waals surface area contributed by atoms with Crippen LogP contribution in [0.15, 0.2) is 24.3 Å². The van der Waals surface area contributed by atoms with Gasteiger partial charge in [-0.25, -0.2) is 9.69 Å². The summed E-state index contributed by atoms with van der Waals surface area (Å²) in [6, 6.07) is 7.34. The number of hydrogen-bond acceptors (Lipinski definition) is 5. The largest absolute Gasteiger partial charge is 0.469 e. The number of carbonyl (C=O) groups excluding carboxylic acids is 3. The smallest absolute Gasteiger partial charge is 0.421 e. The van der Waals surface area contributed by atoms with E-state index in [0.29, 0.717) is 18.5 Å². The number of fused-ring (bicyclic) bond motifs is 1. The summed E-state index contributed by atoms with van der Waals surface area (Å²) < 4.78 is 10.3. The Balaban J connectivity index is 2.39. The van der Waals surface area contributed by atoms with Crippen LogP contribution >= 0.6 is 0 Å². The molecule has 2 rings (SSSR count). The molecule has 166 valence electrons. The highest BCUT2D eigenvalue weighted by Crippen LogP contribution is 2.48. The van der Waals surface area contributed by atoms with E-state index in [9.17, 15) is 14.4 Å². The zero-order valence-corrected chi connectivity index (χ0v) is 19.0. The van der Waals surface area contributed by atoms with Crippen LogP contribution < -0.4 is 4.90 Å². The Labute approximate surface area is 179 Å². The molecule has 0 N–H and O–H groups in total. The Morgan fingerprint density at radius 3 is 2.33 bits per heavy atom. The molecule has 1 aromatic rings. The fourth-order valence-corrected chi connectivity index (χ4v) is 4.06. The molecular weight excluding hydrogens is 382 g/mol. The number of para-hydroxylation sites is 1. The zero-order valence-electron chi connectivity index (χ0n) is 19.0. The molecule has 6 nitrogen and oxygen atoms in total. The van der Waals surface area contributed by atoms with E-state index in [4.69, 9.17) is 9.47 Å². The van der Waals surface area contributed by atoms with Crippen LogP contribution in [0.2, 0.25) is 0 Å². The Hall–Kier alpha value is -2.37. The molecule has 0 saturated carbocycles. The minimum Gasteiger partial charge on any atom is -0.469 e. The molecule has 2 amide bonds. The average Bonchev–Trinajstić information content (AvgIpc) is 2.93. The van der Waals surface area contributed by atoms with Gasteiger partial charge in [0.05, 0.1) is 18.2 Å². The number of ether oxygens (including phenoxy) is 2. The van der Waals surface area contributed by atoms with E-state index in [0.717, 1.165) is 42.6 Å². The van der Waals surface area contributed by atoms with Crippen LogP contribution in [0.3, 0.4) is 0 Å². The summed E-state index contributed by atoms with van der Waals surface area (Å²) in [5.74, 6) is -0.668. The fourth-order valence-electron chi connectivity index (χ4n) is 4.06. The second-order valence-corrected chi connectivity index (χ2v) is 8.96. The van der Waals surface area contributed by atoms with Crippen molar-refractivity contribution in [2.24, 2.45) is 0 Å². The molecule has 0 saturated heterocycles. The molecule has 0 aromatic heterocycles. The molecule has 1 aliphatic heterocycles. The van der Waals surface area contributed by atoms with Crippen LogP contribution in [0.4, 0.5) is 10.5 Å². The second-order valence-electron chi connectivity index (χ2n) is 8.96. The molecule has 0 radical (unpaired) electrons. The molecule has 1 heterocycles. The van der Waals surface area contributed by atoms with E-state index in [2.05, 4.69) is 6.92 Å². The molecule has 0 fully saturated rings. The van der Waals surface area contributed by atoms with E-state index >= 15 is 0 Å². The van der Waals surface area contributed by atoms with E-state index in [1.807, 2.05) is 12.1 Å². The predicted molar refractivity (Wildman–Crippen MR) is 116 cm³/mol. The standard InChI is InChI=1S/C24H35NO5/c1-6-7-8-9-12-16-24(17-15-20(26)29-5)18-13-10-11-14-19(18)25(21(24)27)22(28)30-23(2,3)4/h10-11,13-14H,6-9,12,15-17H2,1-5H3/t24-/m0/s1. The number of benzene rings is 1. The molecule has 0 unspecified atom stereocenters. The third-order valence-electron chi connectivity index (χ3n) is 5.54. The van der Waals surface area contributed by atoms with E-state index < -0.39 is 17.1 Å². The number of nitrogens with zero attached hydrogens (tertiary/aromatic N) is 1. The highest BCUT2D eigenvalue weighted by molar-refractivity contribution is 6.21. The molecular formula is C24H35NO5. The van der Waals surface area contributed by atoms with Crippen LogP contribution in [0.25, 0.3) is 0 Å². The molecule has 6 heteroatoms. The summed E-state index contributed by atoms with van der Waals surface area (Å²) in [5, 5.41) is 0. The summed E-state index contributed by atoms with van der Waals surface area (Å²) in [5.41, 5.74) is -0.298. The van der Waals surface area contributed by atoms with Gasteiger partial charge in [-0.3, -0.25) is 9.59 Å². The third-order valence-corrected chi connectivity index (χ3v) is 5.54. The first-order chi connectivity index (χ1) is 14.2. The van der Waals surface area contributed by atoms with Gasteiger partial charge in [0.25, 0.3) is 0 Å². The monoisotopic (exact) mass is 417 g/mol. The summed E-state index contributed by atoms with van der Waals surface area (Å²) in [6.45, 7) is 7.48. The van der Waals surface area contributed by atoms with Gasteiger partial charge in [0.15, 0.2) is 0 Å². The zero-order chi connectivity index (χ0) is 22.4. The van der Waals surface area contributed by atoms with Crippen LogP contribution in [0.1, 0.15) is 84.6 Å². The van der Waals surface area contributed by atoms with Crippen LogP contribution in [0, 0.1) is 0 Å². The Kier molecular flexibility index (Phi) is 8.04. The van der Waals surface area contributed by atoms with Crippen molar-refractivity contribution in [1.29, 1.82) is 0 Å². The van der Waals surface area contributed by atoms with Crippen molar-refractivity contribution >= 4 is 23.7 Å². The van der Waals surface area contributed by atoms with Gasteiger partial charge in [-0.1, -0.05) is 57.2 Å². The lowest BCUT2D eigenvalue weighted by Crippen LogP contribution is -2.45. The van der Waals surface area contributed by atoms with Crippen molar-refractivity contribution in [3.05, 3.63) is 29.8 Å². The van der Waals surface area contributed by atoms with Crippen molar-refractivity contribution in [2.45, 2.75) is 90.1 Å². The number of unbranched alkanes of at least 4 members (excludes halogenated alkanes) is 4. The normalized spacial score (nSPS) is 18.3. The van der Waals surface area contributed by atoms with Gasteiger partial charge in [-0.2, -0.15) is 0 Å². The van der Waals surface area contributed by atoms with E-state index in [-0.39, 0.29) is 18.3 Å². The number of anilines is 1. The van der Waals surface area contributed by atoms with Gasteiger partial charge in [0.2, 0.25) is 5.91 Å². The summed E-state index contributed by atoms with van der Waals surface area (Å²) in [7, 11) is 1.34. The quantitative estimate of drug-likeness (QED) is 0.391. The van der Waals surface area contributed by atoms with Gasteiger partial charge in [-0.05, 0) is 45.2 Å². The van der Waals surface area contributed by atoms with E-state index in [1.165, 1.54) is 7.11 Å². The number of amides is 2. The van der Waals surface area contributed by atoms with Gasteiger partial charge < -0.3 is 9.47 Å². The maximum atomic E-state index is 13.7. The molecule has 0 bridgehead atoms. The Morgan fingerprint density at radius 2 is 1.70 bits per heavy atom. The second kappa shape index (κ2) is 10.1. The van der Waals surface area contributed by atoms with Gasteiger partial charge >= 0.3 is 12.1 Å². The lowest BCUT2D eigenvalue weighted by Gasteiger charge is -2.29.